The number of nitrogens with zero attached hydrogens (tertiary/aromatic N) is 3. The first-order valence-corrected chi connectivity index (χ1v) is 9.40. The molecule has 2 saturated heterocycles. The Bertz CT molecular complexity index is 850. The minimum absolute atomic E-state index is 0.118. The first-order chi connectivity index (χ1) is 11.4. The van der Waals surface area contributed by atoms with Crippen LogP contribution in [0.5, 0.6) is 0 Å². The molecule has 7 nitrogen and oxygen atoms in total. The van der Waals surface area contributed by atoms with Crippen molar-refractivity contribution >= 4 is 10.0 Å². The summed E-state index contributed by atoms with van der Waals surface area (Å²) in [6.07, 6.45) is 0.386. The van der Waals surface area contributed by atoms with Crippen LogP contribution in [0.15, 0.2) is 33.7 Å². The topological polar surface area (TPSA) is 85.5 Å². The molecule has 2 fully saturated rings. The molecule has 128 valence electrons. The lowest BCUT2D eigenvalue weighted by molar-refractivity contribution is 0.0372. The van der Waals surface area contributed by atoms with Gasteiger partial charge in [-0.05, 0) is 25.0 Å². The van der Waals surface area contributed by atoms with Gasteiger partial charge in [-0.25, -0.2) is 8.42 Å². The Morgan fingerprint density at radius 3 is 2.67 bits per heavy atom. The molecule has 0 unspecified atom stereocenters. The van der Waals surface area contributed by atoms with E-state index in [1.165, 1.54) is 4.31 Å². The summed E-state index contributed by atoms with van der Waals surface area (Å²) in [5.41, 5.74) is 0.760. The van der Waals surface area contributed by atoms with Crippen molar-refractivity contribution in [3.05, 3.63) is 41.5 Å². The number of sulfonamides is 1. The number of benzene rings is 1. The van der Waals surface area contributed by atoms with Crippen LogP contribution in [-0.4, -0.2) is 42.1 Å². The van der Waals surface area contributed by atoms with E-state index in [0.717, 1.165) is 5.56 Å². The lowest BCUT2D eigenvalue weighted by Crippen LogP contribution is -2.31. The highest BCUT2D eigenvalue weighted by atomic mass is 32.2. The average molecular weight is 349 g/mol. The zero-order chi connectivity index (χ0) is 16.9. The summed E-state index contributed by atoms with van der Waals surface area (Å²) in [7, 11) is -3.49. The number of rotatable bonds is 3. The van der Waals surface area contributed by atoms with E-state index in [4.69, 9.17) is 9.26 Å². The second-order valence-corrected chi connectivity index (χ2v) is 8.32. The summed E-state index contributed by atoms with van der Waals surface area (Å²) in [6, 6.07) is 7.06. The van der Waals surface area contributed by atoms with Gasteiger partial charge in [0.15, 0.2) is 0 Å². The smallest absolute Gasteiger partial charge is 0.243 e. The first kappa shape index (κ1) is 15.7. The van der Waals surface area contributed by atoms with Gasteiger partial charge in [0, 0.05) is 25.9 Å². The molecule has 0 aliphatic carbocycles. The lowest BCUT2D eigenvalue weighted by atomic mass is 10.0. The van der Waals surface area contributed by atoms with Gasteiger partial charge in [-0.1, -0.05) is 23.4 Å². The first-order valence-electron chi connectivity index (χ1n) is 7.96. The van der Waals surface area contributed by atoms with Crippen molar-refractivity contribution in [2.24, 2.45) is 5.92 Å². The number of hydrogen-bond acceptors (Lipinski definition) is 6. The summed E-state index contributed by atoms with van der Waals surface area (Å²) in [5, 5.41) is 3.91. The van der Waals surface area contributed by atoms with Gasteiger partial charge in [0.05, 0.1) is 11.0 Å². The molecule has 2 aliphatic heterocycles. The van der Waals surface area contributed by atoms with Crippen LogP contribution < -0.4 is 0 Å². The highest BCUT2D eigenvalue weighted by Crippen LogP contribution is 2.41. The summed E-state index contributed by atoms with van der Waals surface area (Å²) in [5.74, 6) is 1.22. The van der Waals surface area contributed by atoms with E-state index in [9.17, 15) is 8.42 Å². The Kier molecular flexibility index (Phi) is 3.70. The summed E-state index contributed by atoms with van der Waals surface area (Å²) < 4.78 is 38.3. The maximum Gasteiger partial charge on any atom is 0.243 e. The van der Waals surface area contributed by atoms with E-state index < -0.39 is 10.0 Å². The Labute approximate surface area is 140 Å². The molecular formula is C16H19N3O4S. The van der Waals surface area contributed by atoms with Crippen LogP contribution in [0, 0.1) is 19.8 Å². The van der Waals surface area contributed by atoms with Gasteiger partial charge in [-0.3, -0.25) is 0 Å². The maximum atomic E-state index is 12.9. The van der Waals surface area contributed by atoms with Crippen molar-refractivity contribution in [3.63, 3.8) is 0 Å². The van der Waals surface area contributed by atoms with Gasteiger partial charge in [-0.2, -0.15) is 9.29 Å². The highest BCUT2D eigenvalue weighted by molar-refractivity contribution is 7.89. The lowest BCUT2D eigenvalue weighted by Gasteiger charge is -2.19. The van der Waals surface area contributed by atoms with Gasteiger partial charge in [0.25, 0.3) is 0 Å². The molecule has 2 aliphatic rings. The zero-order valence-corrected chi connectivity index (χ0v) is 14.4. The minimum atomic E-state index is -3.49. The van der Waals surface area contributed by atoms with Crippen LogP contribution in [0.1, 0.15) is 29.8 Å². The monoisotopic (exact) mass is 349 g/mol. The average Bonchev–Trinajstić information content (AvgIpc) is 3.21. The van der Waals surface area contributed by atoms with Gasteiger partial charge >= 0.3 is 0 Å². The van der Waals surface area contributed by atoms with Crippen LogP contribution in [-0.2, 0) is 14.8 Å². The fourth-order valence-electron chi connectivity index (χ4n) is 3.52. The van der Waals surface area contributed by atoms with E-state index >= 15 is 0 Å². The second-order valence-electron chi connectivity index (χ2n) is 6.42. The van der Waals surface area contributed by atoms with Crippen molar-refractivity contribution in [1.29, 1.82) is 0 Å². The van der Waals surface area contributed by atoms with Crippen molar-refractivity contribution in [1.82, 2.24) is 14.4 Å². The van der Waals surface area contributed by atoms with Crippen molar-refractivity contribution < 1.29 is 17.7 Å². The highest BCUT2D eigenvalue weighted by Gasteiger charge is 2.47. The largest absolute Gasteiger partial charge is 0.365 e. The molecule has 0 saturated carbocycles. The predicted molar refractivity (Wildman–Crippen MR) is 84.7 cm³/mol. The zero-order valence-electron chi connectivity index (χ0n) is 13.5. The molecule has 8 heteroatoms. The number of aryl methyl sites for hydroxylation is 2. The Morgan fingerprint density at radius 2 is 2.00 bits per heavy atom. The maximum absolute atomic E-state index is 12.9. The van der Waals surface area contributed by atoms with Gasteiger partial charge < -0.3 is 9.26 Å². The normalized spacial score (nSPS) is 27.5. The SMILES string of the molecule is Cc1nc([C@@H]2C[C@H]3CN(S(=O)(=O)c4ccccc4C)C[C@H]3O2)no1. The van der Waals surface area contributed by atoms with Crippen LogP contribution in [0.4, 0.5) is 0 Å². The third-order valence-corrected chi connectivity index (χ3v) is 6.74. The molecular weight excluding hydrogens is 330 g/mol. The minimum Gasteiger partial charge on any atom is -0.365 e. The molecule has 0 spiro atoms. The molecule has 0 N–H and O–H groups in total. The van der Waals surface area contributed by atoms with Gasteiger partial charge in [0.2, 0.25) is 21.7 Å². The summed E-state index contributed by atoms with van der Waals surface area (Å²) in [6.45, 7) is 4.39. The van der Waals surface area contributed by atoms with Gasteiger partial charge in [-0.15, -0.1) is 0 Å². The van der Waals surface area contributed by atoms with Crippen LogP contribution in [0.25, 0.3) is 0 Å². The van der Waals surface area contributed by atoms with E-state index in [0.29, 0.717) is 36.1 Å². The van der Waals surface area contributed by atoms with Crippen LogP contribution in [0.2, 0.25) is 0 Å². The molecule has 0 amide bonds. The molecule has 2 aromatic rings. The molecule has 4 rings (SSSR count). The molecule has 1 aromatic heterocycles. The summed E-state index contributed by atoms with van der Waals surface area (Å²) in [4.78, 5) is 4.58. The quantitative estimate of drug-likeness (QED) is 0.840. The number of aromatic nitrogens is 2. The Balaban J connectivity index is 1.50. The van der Waals surface area contributed by atoms with Crippen LogP contribution >= 0.6 is 0 Å². The van der Waals surface area contributed by atoms with Crippen molar-refractivity contribution in [2.75, 3.05) is 13.1 Å². The van der Waals surface area contributed by atoms with E-state index in [2.05, 4.69) is 10.1 Å². The predicted octanol–water partition coefficient (Wildman–Crippen LogP) is 1.84. The molecule has 3 heterocycles. The fraction of sp³-hybridized carbons (Fsp3) is 0.500. The van der Waals surface area contributed by atoms with Crippen molar-refractivity contribution in [3.8, 4) is 0 Å². The van der Waals surface area contributed by atoms with E-state index in [-0.39, 0.29) is 18.1 Å². The number of fused-ring (bicyclic) bond motifs is 1. The summed E-state index contributed by atoms with van der Waals surface area (Å²) >= 11 is 0. The van der Waals surface area contributed by atoms with E-state index in [1.807, 2.05) is 19.1 Å². The number of ether oxygens (including phenoxy) is 1. The second kappa shape index (κ2) is 5.65. The molecule has 3 atom stereocenters. The molecule has 1 aromatic carbocycles. The Morgan fingerprint density at radius 1 is 1.21 bits per heavy atom. The standard InChI is InChI=1S/C16H19N3O4S/c1-10-5-3-4-6-15(10)24(20,21)19-8-12-7-13(22-14(12)9-19)16-17-11(2)23-18-16/h3-6,12-14H,7-9H2,1-2H3/t12-,13-,14+/m0/s1. The third kappa shape index (κ3) is 2.54. The third-order valence-electron chi connectivity index (χ3n) is 4.75. The molecule has 24 heavy (non-hydrogen) atoms. The van der Waals surface area contributed by atoms with E-state index in [1.54, 1.807) is 19.1 Å². The number of hydrogen-bond donors (Lipinski definition) is 0. The van der Waals surface area contributed by atoms with Crippen LogP contribution in [0.3, 0.4) is 0 Å². The van der Waals surface area contributed by atoms with Gasteiger partial charge in [0.1, 0.15) is 6.10 Å². The molecule has 0 radical (unpaired) electrons. The van der Waals surface area contributed by atoms with Crippen molar-refractivity contribution in [2.45, 2.75) is 37.4 Å². The fourth-order valence-corrected chi connectivity index (χ4v) is 5.25. The molecule has 0 bridgehead atoms. The Hall–Kier alpha value is -1.77.